The number of phosphoric ester groups is 1. The molecule has 0 rings (SSSR count). The van der Waals surface area contributed by atoms with Crippen molar-refractivity contribution in [3.8, 4) is 0 Å². The summed E-state index contributed by atoms with van der Waals surface area (Å²) in [6, 6.07) is 0. The second kappa shape index (κ2) is 23.5. The number of aliphatic hydroxyl groups excluding tert-OH is 1. The van der Waals surface area contributed by atoms with Gasteiger partial charge in [-0.2, -0.15) is 0 Å². The monoisotopic (exact) mass is 601 g/mol. The van der Waals surface area contributed by atoms with Gasteiger partial charge in [-0.3, -0.25) is 14.2 Å². The molecule has 0 aliphatic carbocycles. The third-order valence-corrected chi connectivity index (χ3v) is 6.45. The summed E-state index contributed by atoms with van der Waals surface area (Å²) >= 11 is 0. The quantitative estimate of drug-likeness (QED) is 0.0414. The van der Waals surface area contributed by atoms with Gasteiger partial charge in [0.2, 0.25) is 0 Å². The number of phosphoric acid groups is 1. The molecular weight excluding hydrogens is 549 g/mol. The number of unbranched alkanes of at least 4 members (excludes halogenated alkanes) is 4. The molecule has 0 saturated carbocycles. The lowest BCUT2D eigenvalue weighted by Gasteiger charge is -2.28. The molecule has 0 aromatic rings. The fraction of sp³-hybridized carbons (Fsp3) is 0.667. The van der Waals surface area contributed by atoms with Gasteiger partial charge in [0.25, 0.3) is 7.82 Å². The van der Waals surface area contributed by atoms with Gasteiger partial charge in [-0.25, -0.2) is 0 Å². The summed E-state index contributed by atoms with van der Waals surface area (Å²) in [7, 11) is 1.07. The van der Waals surface area contributed by atoms with E-state index in [-0.39, 0.29) is 19.6 Å². The highest BCUT2D eigenvalue weighted by Crippen LogP contribution is 2.38. The number of carbonyl (C=O) groups is 2. The van der Waals surface area contributed by atoms with Crippen LogP contribution < -0.4 is 4.89 Å². The molecule has 10 nitrogen and oxygen atoms in total. The van der Waals surface area contributed by atoms with Crippen molar-refractivity contribution < 1.29 is 47.2 Å². The van der Waals surface area contributed by atoms with E-state index in [1.54, 1.807) is 12.2 Å². The Bertz CT molecular complexity index is 878. The zero-order valence-corrected chi connectivity index (χ0v) is 26.5. The Kier molecular flexibility index (Phi) is 22.3. The van der Waals surface area contributed by atoms with Crippen LogP contribution in [0.1, 0.15) is 71.6 Å². The molecule has 0 radical (unpaired) electrons. The molecule has 236 valence electrons. The van der Waals surface area contributed by atoms with E-state index in [0.717, 1.165) is 19.8 Å². The molecule has 0 aromatic carbocycles. The zero-order valence-electron chi connectivity index (χ0n) is 25.6. The predicted molar refractivity (Wildman–Crippen MR) is 159 cm³/mol. The van der Waals surface area contributed by atoms with E-state index in [4.69, 9.17) is 18.5 Å². The number of hydrogen-bond acceptors (Lipinski definition) is 9. The van der Waals surface area contributed by atoms with E-state index in [1.807, 2.05) is 39.4 Å². The third kappa shape index (κ3) is 27.9. The number of ether oxygens (including phenoxy) is 2. The molecule has 11 heteroatoms. The summed E-state index contributed by atoms with van der Waals surface area (Å²) < 4.78 is 32.2. The summed E-state index contributed by atoms with van der Waals surface area (Å²) in [6.07, 6.45) is 21.5. The Labute approximate surface area is 246 Å². The van der Waals surface area contributed by atoms with Crippen molar-refractivity contribution in [2.75, 3.05) is 47.5 Å². The maximum absolute atomic E-state index is 12.0. The van der Waals surface area contributed by atoms with Gasteiger partial charge in [-0.1, -0.05) is 68.4 Å². The smallest absolute Gasteiger partial charge is 0.305 e. The first-order chi connectivity index (χ1) is 19.3. The van der Waals surface area contributed by atoms with Gasteiger partial charge in [-0.15, -0.1) is 0 Å². The number of nitrogens with zero attached hydrogens (tertiary/aromatic N) is 1. The van der Waals surface area contributed by atoms with Gasteiger partial charge < -0.3 is 33.0 Å². The average molecular weight is 602 g/mol. The second-order valence-electron chi connectivity index (χ2n) is 10.7. The molecule has 0 fully saturated rings. The molecule has 0 heterocycles. The first kappa shape index (κ1) is 38.9. The molecule has 1 N–H and O–H groups in total. The average Bonchev–Trinajstić information content (AvgIpc) is 2.87. The van der Waals surface area contributed by atoms with Crippen molar-refractivity contribution in [2.24, 2.45) is 0 Å². The molecule has 3 atom stereocenters. The van der Waals surface area contributed by atoms with Crippen molar-refractivity contribution in [1.29, 1.82) is 0 Å². The number of carbonyl (C=O) groups excluding carboxylic acids is 2. The molecular formula is C30H52NO9P. The summed E-state index contributed by atoms with van der Waals surface area (Å²) in [5.74, 6) is -1.17. The first-order valence-electron chi connectivity index (χ1n) is 14.4. The Morgan fingerprint density at radius 3 is 2.34 bits per heavy atom. The molecule has 0 aromatic heterocycles. The maximum Gasteiger partial charge on any atom is 0.305 e. The Morgan fingerprint density at radius 1 is 0.951 bits per heavy atom. The van der Waals surface area contributed by atoms with Crippen LogP contribution in [0.2, 0.25) is 0 Å². The number of aliphatic hydroxyl groups is 1. The third-order valence-electron chi connectivity index (χ3n) is 5.48. The fourth-order valence-corrected chi connectivity index (χ4v) is 3.92. The lowest BCUT2D eigenvalue weighted by atomic mass is 10.2. The van der Waals surface area contributed by atoms with Crippen LogP contribution in [0.25, 0.3) is 0 Å². The molecule has 41 heavy (non-hydrogen) atoms. The molecule has 0 saturated heterocycles. The van der Waals surface area contributed by atoms with E-state index in [1.165, 1.54) is 19.3 Å². The summed E-state index contributed by atoms with van der Waals surface area (Å²) in [5, 5.41) is 10.0. The van der Waals surface area contributed by atoms with Crippen LogP contribution in [0.3, 0.4) is 0 Å². The Hall–Kier alpha value is -2.07. The SMILES string of the molecule is CCCCC/C=C\C/C=C\CC(O)/C=C\C=C\CCCC(=O)OC[C@H](COP(=O)([O-])OCC[N+](C)(C)C)OC(C)=O. The number of likely N-dealkylation sites (N-methyl/N-ethyl adjacent to an activating group) is 1. The van der Waals surface area contributed by atoms with E-state index in [2.05, 4.69) is 25.2 Å². The topological polar surface area (TPSA) is 131 Å². The number of quaternary nitrogens is 1. The highest BCUT2D eigenvalue weighted by molar-refractivity contribution is 7.45. The van der Waals surface area contributed by atoms with Crippen LogP contribution >= 0.6 is 7.82 Å². The van der Waals surface area contributed by atoms with Gasteiger partial charge in [0.15, 0.2) is 6.10 Å². The fourth-order valence-electron chi connectivity index (χ4n) is 3.19. The van der Waals surface area contributed by atoms with Crippen LogP contribution in [0, 0.1) is 0 Å². The number of allylic oxidation sites excluding steroid dienone is 6. The van der Waals surface area contributed by atoms with E-state index >= 15 is 0 Å². The standard InChI is InChI=1S/C30H52NO9P/c1-6-7-8-9-10-11-12-14-17-20-28(33)21-18-15-13-16-19-22-30(34)37-25-29(40-27(2)32)26-39-41(35,36)38-24-23-31(3,4)5/h10-11,13-15,17-18,21,28-29,33H,6-9,12,16,19-20,22-26H2,1-5H3/b11-10-,15-13+,17-14-,21-18-/t28?,29-/m1/s1. The molecule has 0 bridgehead atoms. The van der Waals surface area contributed by atoms with Crippen LogP contribution in [0.15, 0.2) is 48.6 Å². The molecule has 0 amide bonds. The van der Waals surface area contributed by atoms with Crippen molar-refractivity contribution in [3.05, 3.63) is 48.6 Å². The summed E-state index contributed by atoms with van der Waals surface area (Å²) in [5.41, 5.74) is 0. The molecule has 2 unspecified atom stereocenters. The predicted octanol–water partition coefficient (Wildman–Crippen LogP) is 4.79. The normalized spacial score (nSPS) is 15.6. The maximum atomic E-state index is 12.0. The van der Waals surface area contributed by atoms with Gasteiger partial charge >= 0.3 is 11.9 Å². The van der Waals surface area contributed by atoms with Gasteiger partial charge in [0.05, 0.1) is 33.9 Å². The second-order valence-corrected chi connectivity index (χ2v) is 12.1. The lowest BCUT2D eigenvalue weighted by molar-refractivity contribution is -0.870. The summed E-state index contributed by atoms with van der Waals surface area (Å²) in [4.78, 5) is 35.3. The van der Waals surface area contributed by atoms with Crippen LogP contribution in [-0.4, -0.2) is 81.2 Å². The number of esters is 2. The zero-order chi connectivity index (χ0) is 31.0. The van der Waals surface area contributed by atoms with Gasteiger partial charge in [0, 0.05) is 13.3 Å². The Morgan fingerprint density at radius 2 is 1.66 bits per heavy atom. The van der Waals surface area contributed by atoms with E-state index < -0.39 is 38.6 Å². The van der Waals surface area contributed by atoms with Crippen molar-refractivity contribution in [1.82, 2.24) is 0 Å². The van der Waals surface area contributed by atoms with Gasteiger partial charge in [0.1, 0.15) is 19.8 Å². The van der Waals surface area contributed by atoms with Crippen LogP contribution in [0.4, 0.5) is 0 Å². The minimum absolute atomic E-state index is 0.0585. The van der Waals surface area contributed by atoms with Crippen molar-refractivity contribution in [3.63, 3.8) is 0 Å². The van der Waals surface area contributed by atoms with Crippen LogP contribution in [0.5, 0.6) is 0 Å². The summed E-state index contributed by atoms with van der Waals surface area (Å²) in [6.45, 7) is 2.89. The van der Waals surface area contributed by atoms with Crippen LogP contribution in [-0.2, 0) is 32.7 Å². The lowest BCUT2D eigenvalue weighted by Crippen LogP contribution is -2.37. The highest BCUT2D eigenvalue weighted by Gasteiger charge is 2.20. The molecule has 0 aliphatic heterocycles. The van der Waals surface area contributed by atoms with E-state index in [0.29, 0.717) is 30.3 Å². The van der Waals surface area contributed by atoms with Crippen molar-refractivity contribution >= 4 is 19.8 Å². The number of rotatable bonds is 24. The highest BCUT2D eigenvalue weighted by atomic mass is 31.2. The van der Waals surface area contributed by atoms with E-state index in [9.17, 15) is 24.2 Å². The minimum Gasteiger partial charge on any atom is -0.756 e. The Balaban J connectivity index is 4.20. The molecule has 0 spiro atoms. The van der Waals surface area contributed by atoms with Gasteiger partial charge in [-0.05, 0) is 38.5 Å². The molecule has 0 aliphatic rings. The largest absolute Gasteiger partial charge is 0.756 e. The minimum atomic E-state index is -4.60. The first-order valence-corrected chi connectivity index (χ1v) is 15.9. The number of hydrogen-bond donors (Lipinski definition) is 1. The van der Waals surface area contributed by atoms with Crippen molar-refractivity contribution in [2.45, 2.75) is 83.8 Å².